The molecule has 1 heterocycles. The summed E-state index contributed by atoms with van der Waals surface area (Å²) in [5.41, 5.74) is 3.29. The molecular weight excluding hydrogens is 338 g/mol. The van der Waals surface area contributed by atoms with Crippen LogP contribution in [0.15, 0.2) is 48.5 Å². The molecule has 2 aromatic carbocycles. The number of benzene rings is 2. The second-order valence-electron chi connectivity index (χ2n) is 8.12. The molecule has 0 bridgehead atoms. The number of amides is 1. The van der Waals surface area contributed by atoms with Crippen molar-refractivity contribution in [3.8, 4) is 5.75 Å². The van der Waals surface area contributed by atoms with E-state index in [2.05, 4.69) is 27.7 Å². The monoisotopic (exact) mass is 365 g/mol. The van der Waals surface area contributed by atoms with Crippen molar-refractivity contribution in [3.63, 3.8) is 0 Å². The van der Waals surface area contributed by atoms with E-state index in [0.717, 1.165) is 12.1 Å². The first kappa shape index (κ1) is 19.2. The molecule has 1 amide bonds. The molecule has 1 aliphatic rings. The minimum atomic E-state index is -0.439. The third-order valence-corrected chi connectivity index (χ3v) is 5.05. The molecule has 0 spiro atoms. The molecular formula is C23H27NO3. The first-order valence-corrected chi connectivity index (χ1v) is 9.49. The molecule has 4 nitrogen and oxygen atoms in total. The third kappa shape index (κ3) is 4.38. The van der Waals surface area contributed by atoms with Gasteiger partial charge in [0, 0.05) is 18.7 Å². The molecule has 0 unspecified atom stereocenters. The van der Waals surface area contributed by atoms with Crippen LogP contribution in [0.2, 0.25) is 0 Å². The van der Waals surface area contributed by atoms with Crippen molar-refractivity contribution >= 4 is 17.6 Å². The predicted octanol–water partition coefficient (Wildman–Crippen LogP) is 4.51. The van der Waals surface area contributed by atoms with Gasteiger partial charge in [0.05, 0.1) is 5.92 Å². The Bertz CT molecular complexity index is 816. The highest BCUT2D eigenvalue weighted by Crippen LogP contribution is 2.28. The lowest BCUT2D eigenvalue weighted by Gasteiger charge is -2.19. The van der Waals surface area contributed by atoms with Gasteiger partial charge in [0.1, 0.15) is 5.75 Å². The predicted molar refractivity (Wildman–Crippen MR) is 107 cm³/mol. The van der Waals surface area contributed by atoms with E-state index in [1.165, 1.54) is 11.1 Å². The van der Waals surface area contributed by atoms with Crippen LogP contribution in [0.3, 0.4) is 0 Å². The van der Waals surface area contributed by atoms with Gasteiger partial charge in [-0.2, -0.15) is 0 Å². The van der Waals surface area contributed by atoms with Crippen LogP contribution in [0.4, 0.5) is 5.69 Å². The Labute approximate surface area is 161 Å². The Morgan fingerprint density at radius 3 is 2.26 bits per heavy atom. The van der Waals surface area contributed by atoms with Gasteiger partial charge in [-0.1, -0.05) is 52.0 Å². The van der Waals surface area contributed by atoms with E-state index in [-0.39, 0.29) is 23.7 Å². The number of anilines is 1. The molecule has 142 valence electrons. The highest BCUT2D eigenvalue weighted by molar-refractivity contribution is 5.99. The number of carbonyl (C=O) groups is 2. The van der Waals surface area contributed by atoms with Gasteiger partial charge in [0.15, 0.2) is 0 Å². The van der Waals surface area contributed by atoms with E-state index >= 15 is 0 Å². The van der Waals surface area contributed by atoms with Crippen molar-refractivity contribution in [2.24, 2.45) is 5.92 Å². The van der Waals surface area contributed by atoms with Crippen LogP contribution in [0.25, 0.3) is 0 Å². The summed E-state index contributed by atoms with van der Waals surface area (Å²) in [6.07, 6.45) is 1.14. The third-order valence-electron chi connectivity index (χ3n) is 5.05. The van der Waals surface area contributed by atoms with Crippen molar-refractivity contribution in [1.82, 2.24) is 0 Å². The van der Waals surface area contributed by atoms with Crippen molar-refractivity contribution < 1.29 is 14.3 Å². The number of hydrogen-bond donors (Lipinski definition) is 0. The minimum Gasteiger partial charge on any atom is -0.426 e. The van der Waals surface area contributed by atoms with Crippen LogP contribution in [0.1, 0.15) is 45.2 Å². The molecule has 1 aliphatic heterocycles. The summed E-state index contributed by atoms with van der Waals surface area (Å²) in [5, 5.41) is 0. The minimum absolute atomic E-state index is 0.0377. The van der Waals surface area contributed by atoms with Gasteiger partial charge in [-0.3, -0.25) is 9.59 Å². The Kier molecular flexibility index (Phi) is 5.36. The number of hydrogen-bond acceptors (Lipinski definition) is 3. The summed E-state index contributed by atoms with van der Waals surface area (Å²) in [7, 11) is 0. The van der Waals surface area contributed by atoms with E-state index < -0.39 is 5.92 Å². The highest BCUT2D eigenvalue weighted by Gasteiger charge is 2.36. The molecule has 0 radical (unpaired) electrons. The maximum absolute atomic E-state index is 12.5. The van der Waals surface area contributed by atoms with E-state index in [0.29, 0.717) is 12.3 Å². The largest absolute Gasteiger partial charge is 0.426 e. The van der Waals surface area contributed by atoms with Crippen molar-refractivity contribution in [3.05, 3.63) is 59.7 Å². The quantitative estimate of drug-likeness (QED) is 0.592. The van der Waals surface area contributed by atoms with Gasteiger partial charge in [-0.05, 0) is 47.2 Å². The van der Waals surface area contributed by atoms with E-state index in [1.807, 2.05) is 48.5 Å². The van der Waals surface area contributed by atoms with Crippen LogP contribution in [-0.4, -0.2) is 18.4 Å². The summed E-state index contributed by atoms with van der Waals surface area (Å²) < 4.78 is 5.52. The standard InChI is InChI=1S/C23H27NO3/c1-5-16-6-10-19(11-7-16)24-15-17(14-21(24)25)22(26)27-20-12-8-18(9-13-20)23(2,3)4/h6-13,17H,5,14-15H2,1-4H3/t17-/m1/s1. The van der Waals surface area contributed by atoms with Gasteiger partial charge >= 0.3 is 5.97 Å². The number of esters is 1. The van der Waals surface area contributed by atoms with Crippen molar-refractivity contribution in [2.75, 3.05) is 11.4 Å². The lowest BCUT2D eigenvalue weighted by molar-refractivity contribution is -0.139. The topological polar surface area (TPSA) is 46.6 Å². The number of rotatable bonds is 4. The zero-order valence-corrected chi connectivity index (χ0v) is 16.5. The molecule has 0 aromatic heterocycles. The van der Waals surface area contributed by atoms with Gasteiger partial charge in [0.2, 0.25) is 5.91 Å². The second kappa shape index (κ2) is 7.55. The second-order valence-corrected chi connectivity index (χ2v) is 8.12. The molecule has 4 heteroatoms. The average Bonchev–Trinajstić information content (AvgIpc) is 3.03. The maximum atomic E-state index is 12.5. The SMILES string of the molecule is CCc1ccc(N2C[C@H](C(=O)Oc3ccc(C(C)(C)C)cc3)CC2=O)cc1. The summed E-state index contributed by atoms with van der Waals surface area (Å²) >= 11 is 0. The molecule has 1 saturated heterocycles. The smallest absolute Gasteiger partial charge is 0.316 e. The van der Waals surface area contributed by atoms with Gasteiger partial charge in [-0.15, -0.1) is 0 Å². The van der Waals surface area contributed by atoms with Gasteiger partial charge in [0.25, 0.3) is 0 Å². The summed E-state index contributed by atoms with van der Waals surface area (Å²) in [4.78, 5) is 26.6. The maximum Gasteiger partial charge on any atom is 0.316 e. The molecule has 0 N–H and O–H groups in total. The molecule has 1 atom stereocenters. The van der Waals surface area contributed by atoms with Crippen LogP contribution in [0, 0.1) is 5.92 Å². The van der Waals surface area contributed by atoms with E-state index in [9.17, 15) is 9.59 Å². The summed E-state index contributed by atoms with van der Waals surface area (Å²) in [5.74, 6) is -0.305. The summed E-state index contributed by atoms with van der Waals surface area (Å²) in [6.45, 7) is 8.87. The van der Waals surface area contributed by atoms with Crippen molar-refractivity contribution in [2.45, 2.75) is 46.0 Å². The van der Waals surface area contributed by atoms with Crippen LogP contribution >= 0.6 is 0 Å². The number of ether oxygens (including phenoxy) is 1. The first-order chi connectivity index (χ1) is 12.8. The number of nitrogens with zero attached hydrogens (tertiary/aromatic N) is 1. The van der Waals surface area contributed by atoms with Gasteiger partial charge in [-0.25, -0.2) is 0 Å². The number of aryl methyl sites for hydroxylation is 1. The molecule has 3 rings (SSSR count). The Hall–Kier alpha value is -2.62. The lowest BCUT2D eigenvalue weighted by atomic mass is 9.87. The Morgan fingerprint density at radius 1 is 1.07 bits per heavy atom. The first-order valence-electron chi connectivity index (χ1n) is 9.49. The van der Waals surface area contributed by atoms with Crippen LogP contribution in [-0.2, 0) is 21.4 Å². The fourth-order valence-electron chi connectivity index (χ4n) is 3.25. The number of carbonyl (C=O) groups excluding carboxylic acids is 2. The van der Waals surface area contributed by atoms with E-state index in [1.54, 1.807) is 4.90 Å². The fraction of sp³-hybridized carbons (Fsp3) is 0.391. The molecule has 1 fully saturated rings. The zero-order valence-electron chi connectivity index (χ0n) is 16.5. The summed E-state index contributed by atoms with van der Waals surface area (Å²) in [6, 6.07) is 15.5. The van der Waals surface area contributed by atoms with Crippen molar-refractivity contribution in [1.29, 1.82) is 0 Å². The van der Waals surface area contributed by atoms with Crippen LogP contribution < -0.4 is 9.64 Å². The zero-order chi connectivity index (χ0) is 19.6. The van der Waals surface area contributed by atoms with E-state index in [4.69, 9.17) is 4.74 Å². The molecule has 2 aromatic rings. The molecule has 0 saturated carbocycles. The molecule has 0 aliphatic carbocycles. The highest BCUT2D eigenvalue weighted by atomic mass is 16.5. The Balaban J connectivity index is 1.65. The Morgan fingerprint density at radius 2 is 1.70 bits per heavy atom. The lowest BCUT2D eigenvalue weighted by Crippen LogP contribution is -2.27. The molecule has 27 heavy (non-hydrogen) atoms. The average molecular weight is 365 g/mol. The normalized spacial score (nSPS) is 17.3. The fourth-order valence-corrected chi connectivity index (χ4v) is 3.25. The van der Waals surface area contributed by atoms with Gasteiger partial charge < -0.3 is 9.64 Å². The van der Waals surface area contributed by atoms with Crippen LogP contribution in [0.5, 0.6) is 5.75 Å².